The summed E-state index contributed by atoms with van der Waals surface area (Å²) in [6, 6.07) is 11.2. The van der Waals surface area contributed by atoms with Crippen LogP contribution in [0.5, 0.6) is 0 Å². The van der Waals surface area contributed by atoms with Crippen molar-refractivity contribution in [2.75, 3.05) is 38.1 Å². The molecule has 0 aliphatic carbocycles. The summed E-state index contributed by atoms with van der Waals surface area (Å²) in [5, 5.41) is 13.9. The number of carbonyl (C=O) groups is 3. The van der Waals surface area contributed by atoms with E-state index in [1.54, 1.807) is 36.1 Å². The van der Waals surface area contributed by atoms with Gasteiger partial charge in [-0.25, -0.2) is 4.98 Å². The molecular formula is C27H30N6O6. The second-order valence-corrected chi connectivity index (χ2v) is 9.54. The normalized spacial score (nSPS) is 14.2. The van der Waals surface area contributed by atoms with Gasteiger partial charge in [-0.15, -0.1) is 0 Å². The number of nitro groups is 1. The lowest BCUT2D eigenvalue weighted by Gasteiger charge is -2.35. The quantitative estimate of drug-likeness (QED) is 0.323. The number of Topliss-reactive ketones (excluding diaryl/α,β-unsaturated/α-hetero) is 1. The zero-order valence-electron chi connectivity index (χ0n) is 21.8. The highest BCUT2D eigenvalue weighted by Crippen LogP contribution is 2.26. The summed E-state index contributed by atoms with van der Waals surface area (Å²) in [4.78, 5) is 68.8. The van der Waals surface area contributed by atoms with E-state index in [1.807, 2.05) is 6.07 Å². The van der Waals surface area contributed by atoms with Crippen LogP contribution in [0.4, 0.5) is 11.4 Å². The van der Waals surface area contributed by atoms with Gasteiger partial charge in [-0.1, -0.05) is 12.1 Å². The largest absolute Gasteiger partial charge is 0.368 e. The first-order valence-corrected chi connectivity index (χ1v) is 12.6. The van der Waals surface area contributed by atoms with Crippen molar-refractivity contribution < 1.29 is 19.3 Å². The molecule has 1 unspecified atom stereocenters. The number of hydrogen-bond acceptors (Lipinski definition) is 8. The molecule has 0 spiro atoms. The molecule has 0 bridgehead atoms. The van der Waals surface area contributed by atoms with Crippen LogP contribution in [-0.4, -0.2) is 70.2 Å². The number of nitrogens with one attached hydrogen (secondary N) is 1. The topological polar surface area (TPSA) is 148 Å². The van der Waals surface area contributed by atoms with E-state index >= 15 is 0 Å². The predicted molar refractivity (Wildman–Crippen MR) is 145 cm³/mol. The lowest BCUT2D eigenvalue weighted by Crippen LogP contribution is -2.48. The first-order valence-electron chi connectivity index (χ1n) is 12.6. The van der Waals surface area contributed by atoms with Gasteiger partial charge in [0, 0.05) is 70.8 Å². The van der Waals surface area contributed by atoms with Crippen molar-refractivity contribution in [3.63, 3.8) is 0 Å². The van der Waals surface area contributed by atoms with Crippen LogP contribution in [0.15, 0.2) is 53.6 Å². The Morgan fingerprint density at radius 3 is 2.36 bits per heavy atom. The molecule has 12 nitrogen and oxygen atoms in total. The maximum absolute atomic E-state index is 13.3. The number of anilines is 1. The Morgan fingerprint density at radius 1 is 1.05 bits per heavy atom. The zero-order chi connectivity index (χ0) is 28.1. The molecule has 2 amide bonds. The fourth-order valence-corrected chi connectivity index (χ4v) is 4.77. The van der Waals surface area contributed by atoms with E-state index in [4.69, 9.17) is 0 Å². The third-order valence-electron chi connectivity index (χ3n) is 7.00. The van der Waals surface area contributed by atoms with Gasteiger partial charge in [0.15, 0.2) is 5.78 Å². The molecule has 4 rings (SSSR count). The van der Waals surface area contributed by atoms with Crippen molar-refractivity contribution in [1.82, 2.24) is 19.8 Å². The van der Waals surface area contributed by atoms with Gasteiger partial charge in [-0.3, -0.25) is 33.9 Å². The van der Waals surface area contributed by atoms with Crippen LogP contribution in [0.1, 0.15) is 31.2 Å². The molecule has 1 aromatic heterocycles. The van der Waals surface area contributed by atoms with Crippen LogP contribution in [0.3, 0.4) is 0 Å². The maximum Gasteiger partial charge on any atom is 0.269 e. The van der Waals surface area contributed by atoms with Gasteiger partial charge in [0.05, 0.1) is 28.7 Å². The molecule has 1 N–H and O–H groups in total. The summed E-state index contributed by atoms with van der Waals surface area (Å²) >= 11 is 0. The number of hydrogen-bond donors (Lipinski definition) is 1. The molecule has 2 aromatic carbocycles. The minimum absolute atomic E-state index is 0.0190. The van der Waals surface area contributed by atoms with E-state index in [9.17, 15) is 29.3 Å². The van der Waals surface area contributed by atoms with Gasteiger partial charge >= 0.3 is 0 Å². The van der Waals surface area contributed by atoms with Crippen LogP contribution in [0.25, 0.3) is 10.9 Å². The van der Waals surface area contributed by atoms with Crippen molar-refractivity contribution >= 4 is 39.9 Å². The smallest absolute Gasteiger partial charge is 0.269 e. The minimum Gasteiger partial charge on any atom is -0.368 e. The Bertz CT molecular complexity index is 1460. The molecule has 1 aliphatic rings. The summed E-state index contributed by atoms with van der Waals surface area (Å²) < 4.78 is 1.26. The number of carbonyl (C=O) groups excluding carboxylic acids is 3. The molecule has 0 radical (unpaired) electrons. The number of ketones is 1. The third-order valence-corrected chi connectivity index (χ3v) is 7.00. The average molecular weight is 535 g/mol. The first kappa shape index (κ1) is 27.4. The Morgan fingerprint density at radius 2 is 1.74 bits per heavy atom. The molecular weight excluding hydrogens is 504 g/mol. The van der Waals surface area contributed by atoms with Crippen LogP contribution >= 0.6 is 0 Å². The maximum atomic E-state index is 13.3. The summed E-state index contributed by atoms with van der Waals surface area (Å²) in [6.45, 7) is 3.82. The Balaban J connectivity index is 1.52. The van der Waals surface area contributed by atoms with E-state index < -0.39 is 10.8 Å². The molecule has 2 heterocycles. The average Bonchev–Trinajstić information content (AvgIpc) is 2.94. The number of rotatable bonds is 9. The van der Waals surface area contributed by atoms with E-state index in [-0.39, 0.29) is 48.2 Å². The van der Waals surface area contributed by atoms with E-state index in [0.717, 1.165) is 5.69 Å². The van der Waals surface area contributed by atoms with Crippen LogP contribution < -0.4 is 15.8 Å². The van der Waals surface area contributed by atoms with Gasteiger partial charge in [0.2, 0.25) is 11.8 Å². The van der Waals surface area contributed by atoms with Gasteiger partial charge in [-0.05, 0) is 29.7 Å². The number of nitrogens with zero attached hydrogens (tertiary/aromatic N) is 5. The molecule has 12 heteroatoms. The molecule has 204 valence electrons. The summed E-state index contributed by atoms with van der Waals surface area (Å²) in [6.07, 6.45) is 1.33. The lowest BCUT2D eigenvalue weighted by atomic mass is 9.90. The van der Waals surface area contributed by atoms with E-state index in [0.29, 0.717) is 42.6 Å². The summed E-state index contributed by atoms with van der Waals surface area (Å²) in [5.74, 6) is -1.02. The van der Waals surface area contributed by atoms with E-state index in [2.05, 4.69) is 15.2 Å². The van der Waals surface area contributed by atoms with Gasteiger partial charge in [-0.2, -0.15) is 0 Å². The molecule has 1 atom stereocenters. The van der Waals surface area contributed by atoms with Crippen molar-refractivity contribution in [2.45, 2.75) is 32.2 Å². The monoisotopic (exact) mass is 534 g/mol. The molecule has 1 aliphatic heterocycles. The molecule has 1 fully saturated rings. The fourth-order valence-electron chi connectivity index (χ4n) is 4.77. The van der Waals surface area contributed by atoms with Crippen molar-refractivity contribution in [1.29, 1.82) is 0 Å². The number of benzene rings is 2. The molecule has 1 saturated heterocycles. The van der Waals surface area contributed by atoms with E-state index in [1.165, 1.54) is 30.1 Å². The molecule has 0 saturated carbocycles. The third kappa shape index (κ3) is 6.46. The Kier molecular flexibility index (Phi) is 8.33. The number of aromatic nitrogens is 2. The number of piperazine rings is 1. The molecule has 39 heavy (non-hydrogen) atoms. The van der Waals surface area contributed by atoms with Crippen molar-refractivity contribution in [2.24, 2.45) is 0 Å². The van der Waals surface area contributed by atoms with Gasteiger partial charge in [0.1, 0.15) is 0 Å². The minimum atomic E-state index is -0.515. The Hall–Kier alpha value is -4.61. The van der Waals surface area contributed by atoms with Crippen LogP contribution in [0, 0.1) is 10.1 Å². The standard InChI is InChI=1S/C27H30N6O6/c1-18(34)30-9-11-31(12-10-30)22-7-8-25-24(15-22)27(37)32(17-29-25)16-23(35)13-20(14-26(36)28-2)19-3-5-21(6-4-19)33(38)39/h3-8,15,17,20H,9-14,16H2,1-2H3,(H,28,36). The van der Waals surface area contributed by atoms with Crippen molar-refractivity contribution in [3.05, 3.63) is 74.8 Å². The second-order valence-electron chi connectivity index (χ2n) is 9.54. The highest BCUT2D eigenvalue weighted by atomic mass is 16.6. The number of amides is 2. The lowest BCUT2D eigenvalue weighted by molar-refractivity contribution is -0.384. The van der Waals surface area contributed by atoms with Crippen LogP contribution in [-0.2, 0) is 20.9 Å². The number of fused-ring (bicyclic) bond motifs is 1. The SMILES string of the molecule is CNC(=O)CC(CC(=O)Cn1cnc2ccc(N3CCN(C(C)=O)CC3)cc2c1=O)c1ccc([N+](=O)[O-])cc1. The molecule has 3 aromatic rings. The highest BCUT2D eigenvalue weighted by molar-refractivity contribution is 5.84. The summed E-state index contributed by atoms with van der Waals surface area (Å²) in [7, 11) is 1.49. The van der Waals surface area contributed by atoms with Crippen LogP contribution in [0.2, 0.25) is 0 Å². The van der Waals surface area contributed by atoms with Crippen molar-refractivity contribution in [3.8, 4) is 0 Å². The second kappa shape index (κ2) is 11.8. The fraction of sp³-hybridized carbons (Fsp3) is 0.370. The zero-order valence-corrected chi connectivity index (χ0v) is 21.8. The predicted octanol–water partition coefficient (Wildman–Crippen LogP) is 1.85. The number of non-ortho nitro benzene ring substituents is 1. The highest BCUT2D eigenvalue weighted by Gasteiger charge is 2.22. The first-order chi connectivity index (χ1) is 18.7. The number of nitro benzene ring substituents is 1. The summed E-state index contributed by atoms with van der Waals surface area (Å²) in [5.41, 5.74) is 1.54. The Labute approximate surface area is 224 Å². The van der Waals surface area contributed by atoms with Gasteiger partial charge in [0.25, 0.3) is 11.2 Å². The van der Waals surface area contributed by atoms with Gasteiger partial charge < -0.3 is 15.1 Å².